The van der Waals surface area contributed by atoms with Gasteiger partial charge in [0, 0.05) is 18.7 Å². The Kier molecular flexibility index (Phi) is 6.68. The number of hydrogen-bond donors (Lipinski definition) is 1. The number of hydrogen-bond acceptors (Lipinski definition) is 3. The van der Waals surface area contributed by atoms with Gasteiger partial charge in [0.15, 0.2) is 0 Å². The molecule has 3 nitrogen and oxygen atoms in total. The van der Waals surface area contributed by atoms with E-state index in [9.17, 15) is 4.39 Å². The zero-order valence-electron chi connectivity index (χ0n) is 11.5. The van der Waals surface area contributed by atoms with Crippen LogP contribution in [-0.2, 0) is 6.54 Å². The van der Waals surface area contributed by atoms with Crippen molar-refractivity contribution in [1.29, 1.82) is 0 Å². The van der Waals surface area contributed by atoms with Crippen LogP contribution in [0.4, 0.5) is 4.39 Å². The molecule has 0 amide bonds. The Morgan fingerprint density at radius 2 is 2.11 bits per heavy atom. The molecule has 0 aliphatic rings. The van der Waals surface area contributed by atoms with E-state index in [4.69, 9.17) is 4.74 Å². The number of rotatable bonds is 8. The number of nitrogens with one attached hydrogen (secondary N) is 1. The van der Waals surface area contributed by atoms with Gasteiger partial charge in [0.1, 0.15) is 11.6 Å². The highest BCUT2D eigenvalue weighted by Gasteiger charge is 2.05. The van der Waals surface area contributed by atoms with E-state index in [-0.39, 0.29) is 5.82 Å². The first kappa shape index (κ1) is 14.9. The molecular formula is C14H23FN2O. The van der Waals surface area contributed by atoms with Gasteiger partial charge in [-0.05, 0) is 45.3 Å². The highest BCUT2D eigenvalue weighted by atomic mass is 19.1. The van der Waals surface area contributed by atoms with E-state index < -0.39 is 0 Å². The lowest BCUT2D eigenvalue weighted by molar-refractivity contribution is 0.278. The van der Waals surface area contributed by atoms with Crippen molar-refractivity contribution >= 4 is 0 Å². The molecule has 18 heavy (non-hydrogen) atoms. The molecule has 102 valence electrons. The minimum atomic E-state index is -0.219. The molecule has 0 bridgehead atoms. The van der Waals surface area contributed by atoms with Gasteiger partial charge in [-0.3, -0.25) is 0 Å². The van der Waals surface area contributed by atoms with Crippen molar-refractivity contribution in [2.75, 3.05) is 33.8 Å². The summed E-state index contributed by atoms with van der Waals surface area (Å²) >= 11 is 0. The fourth-order valence-electron chi connectivity index (χ4n) is 1.65. The molecule has 0 spiro atoms. The summed E-state index contributed by atoms with van der Waals surface area (Å²) in [6, 6.07) is 4.68. The molecule has 0 atom stereocenters. The second-order valence-corrected chi connectivity index (χ2v) is 4.54. The minimum absolute atomic E-state index is 0.219. The van der Waals surface area contributed by atoms with Crippen LogP contribution in [0.2, 0.25) is 0 Å². The molecule has 4 heteroatoms. The van der Waals surface area contributed by atoms with Crippen molar-refractivity contribution in [3.63, 3.8) is 0 Å². The molecule has 0 aliphatic heterocycles. The van der Waals surface area contributed by atoms with E-state index in [0.29, 0.717) is 13.2 Å². The average Bonchev–Trinajstić information content (AvgIpc) is 2.33. The third-order valence-corrected chi connectivity index (χ3v) is 2.60. The fraction of sp³-hybridized carbons (Fsp3) is 0.571. The SMILES string of the molecule is CCNCc1cc(F)ccc1OCCCN(C)C. The lowest BCUT2D eigenvalue weighted by atomic mass is 10.2. The van der Waals surface area contributed by atoms with Gasteiger partial charge in [-0.1, -0.05) is 6.92 Å². The first-order chi connectivity index (χ1) is 8.63. The van der Waals surface area contributed by atoms with Gasteiger partial charge >= 0.3 is 0 Å². The molecule has 0 fully saturated rings. The lowest BCUT2D eigenvalue weighted by Crippen LogP contribution is -2.16. The summed E-state index contributed by atoms with van der Waals surface area (Å²) in [7, 11) is 4.07. The fourth-order valence-corrected chi connectivity index (χ4v) is 1.65. The Bertz CT molecular complexity index is 356. The molecular weight excluding hydrogens is 231 g/mol. The molecule has 1 N–H and O–H groups in total. The normalized spacial score (nSPS) is 10.9. The van der Waals surface area contributed by atoms with Crippen LogP contribution < -0.4 is 10.1 Å². The highest BCUT2D eigenvalue weighted by Crippen LogP contribution is 2.19. The number of nitrogens with zero attached hydrogens (tertiary/aromatic N) is 1. The first-order valence-corrected chi connectivity index (χ1v) is 6.40. The molecule has 0 radical (unpaired) electrons. The molecule has 1 aromatic rings. The summed E-state index contributed by atoms with van der Waals surface area (Å²) in [5, 5.41) is 3.19. The van der Waals surface area contributed by atoms with Gasteiger partial charge in [0.25, 0.3) is 0 Å². The van der Waals surface area contributed by atoms with Gasteiger partial charge in [0.2, 0.25) is 0 Å². The maximum absolute atomic E-state index is 13.2. The Morgan fingerprint density at radius 3 is 2.78 bits per heavy atom. The van der Waals surface area contributed by atoms with Crippen LogP contribution in [0.25, 0.3) is 0 Å². The Balaban J connectivity index is 2.52. The summed E-state index contributed by atoms with van der Waals surface area (Å²) in [5.74, 6) is 0.555. The summed E-state index contributed by atoms with van der Waals surface area (Å²) in [6.07, 6.45) is 0.963. The summed E-state index contributed by atoms with van der Waals surface area (Å²) in [6.45, 7) is 5.16. The smallest absolute Gasteiger partial charge is 0.123 e. The van der Waals surface area contributed by atoms with Gasteiger partial charge in [-0.2, -0.15) is 0 Å². The highest BCUT2D eigenvalue weighted by molar-refractivity contribution is 5.33. The molecule has 0 saturated carbocycles. The largest absolute Gasteiger partial charge is 0.493 e. The van der Waals surface area contributed by atoms with Crippen molar-refractivity contribution in [2.24, 2.45) is 0 Å². The predicted molar refractivity (Wildman–Crippen MR) is 72.4 cm³/mol. The summed E-state index contributed by atoms with van der Waals surface area (Å²) in [5.41, 5.74) is 0.877. The van der Waals surface area contributed by atoms with Crippen LogP contribution in [0.1, 0.15) is 18.9 Å². The van der Waals surface area contributed by atoms with Crippen molar-refractivity contribution in [2.45, 2.75) is 19.9 Å². The molecule has 0 saturated heterocycles. The summed E-state index contributed by atoms with van der Waals surface area (Å²) in [4.78, 5) is 2.12. The van der Waals surface area contributed by atoms with Gasteiger partial charge in [-0.15, -0.1) is 0 Å². The van der Waals surface area contributed by atoms with Crippen molar-refractivity contribution in [1.82, 2.24) is 10.2 Å². The second kappa shape index (κ2) is 8.06. The van der Waals surface area contributed by atoms with Gasteiger partial charge < -0.3 is 15.0 Å². The molecule has 1 aromatic carbocycles. The van der Waals surface area contributed by atoms with E-state index in [2.05, 4.69) is 10.2 Å². The maximum atomic E-state index is 13.2. The van der Waals surface area contributed by atoms with Crippen LogP contribution in [0.15, 0.2) is 18.2 Å². The zero-order chi connectivity index (χ0) is 13.4. The first-order valence-electron chi connectivity index (χ1n) is 6.40. The van der Waals surface area contributed by atoms with Crippen molar-refractivity contribution < 1.29 is 9.13 Å². The van der Waals surface area contributed by atoms with Gasteiger partial charge in [0.05, 0.1) is 6.61 Å². The Labute approximate surface area is 109 Å². The Morgan fingerprint density at radius 1 is 1.33 bits per heavy atom. The minimum Gasteiger partial charge on any atom is -0.493 e. The number of ether oxygens (including phenoxy) is 1. The van der Waals surface area contributed by atoms with E-state index in [0.717, 1.165) is 30.8 Å². The van der Waals surface area contributed by atoms with E-state index in [1.165, 1.54) is 12.1 Å². The molecule has 0 heterocycles. The van der Waals surface area contributed by atoms with E-state index in [1.54, 1.807) is 6.07 Å². The quantitative estimate of drug-likeness (QED) is 0.720. The van der Waals surface area contributed by atoms with Crippen LogP contribution in [0, 0.1) is 5.82 Å². The molecule has 1 rings (SSSR count). The maximum Gasteiger partial charge on any atom is 0.123 e. The van der Waals surface area contributed by atoms with E-state index in [1.807, 2.05) is 21.0 Å². The second-order valence-electron chi connectivity index (χ2n) is 4.54. The Hall–Kier alpha value is -1.13. The zero-order valence-corrected chi connectivity index (χ0v) is 11.5. The molecule has 0 unspecified atom stereocenters. The third kappa shape index (κ3) is 5.47. The van der Waals surface area contributed by atoms with Crippen molar-refractivity contribution in [3.8, 4) is 5.75 Å². The van der Waals surface area contributed by atoms with E-state index >= 15 is 0 Å². The van der Waals surface area contributed by atoms with Crippen LogP contribution in [-0.4, -0.2) is 38.7 Å². The number of benzene rings is 1. The van der Waals surface area contributed by atoms with Gasteiger partial charge in [-0.25, -0.2) is 4.39 Å². The third-order valence-electron chi connectivity index (χ3n) is 2.60. The monoisotopic (exact) mass is 254 g/mol. The summed E-state index contributed by atoms with van der Waals surface area (Å²) < 4.78 is 18.9. The van der Waals surface area contributed by atoms with Crippen molar-refractivity contribution in [3.05, 3.63) is 29.6 Å². The topological polar surface area (TPSA) is 24.5 Å². The van der Waals surface area contributed by atoms with Crippen LogP contribution in [0.5, 0.6) is 5.75 Å². The molecule has 0 aromatic heterocycles. The van der Waals surface area contributed by atoms with Crippen LogP contribution in [0.3, 0.4) is 0 Å². The lowest BCUT2D eigenvalue weighted by Gasteiger charge is -2.13. The average molecular weight is 254 g/mol. The molecule has 0 aliphatic carbocycles. The standard InChI is InChI=1S/C14H23FN2O/c1-4-16-11-12-10-13(15)6-7-14(12)18-9-5-8-17(2)3/h6-7,10,16H,4-5,8-9,11H2,1-3H3. The number of halogens is 1. The van der Waals surface area contributed by atoms with Crippen LogP contribution >= 0.6 is 0 Å². The predicted octanol–water partition coefficient (Wildman–Crippen LogP) is 2.27.